The number of carboxylic acid groups (broad SMARTS) is 1. The van der Waals surface area contributed by atoms with Gasteiger partial charge >= 0.3 is 5.97 Å². The molecule has 0 amide bonds. The molecule has 1 atom stereocenters. The Morgan fingerprint density at radius 1 is 1.35 bits per heavy atom. The number of hydrogen-bond acceptors (Lipinski definition) is 4. The molecule has 1 N–H and O–H groups in total. The molecule has 5 heteroatoms. The van der Waals surface area contributed by atoms with Crippen LogP contribution < -0.4 is 4.90 Å². The van der Waals surface area contributed by atoms with Crippen molar-refractivity contribution in [2.75, 3.05) is 44.9 Å². The number of hydrogen-bond donors (Lipinski definition) is 1. The Labute approximate surface area is 119 Å². The molecule has 2 rings (SSSR count). The standard InChI is InChI=1S/C15H21NO4/c1-19-8-9-20-7-6-16-11-12(10-15(17)18)13-4-2-3-5-14(13)16/h2-5,12H,6-11H2,1H3,(H,17,18). The summed E-state index contributed by atoms with van der Waals surface area (Å²) in [4.78, 5) is 13.2. The molecular formula is C15H21NO4. The fourth-order valence-corrected chi connectivity index (χ4v) is 2.60. The van der Waals surface area contributed by atoms with Crippen molar-refractivity contribution in [2.45, 2.75) is 12.3 Å². The second kappa shape index (κ2) is 7.26. The molecule has 1 aliphatic rings. The lowest BCUT2D eigenvalue weighted by Gasteiger charge is -2.19. The predicted molar refractivity (Wildman–Crippen MR) is 76.3 cm³/mol. The monoisotopic (exact) mass is 279 g/mol. The third kappa shape index (κ3) is 3.71. The molecule has 1 aromatic carbocycles. The van der Waals surface area contributed by atoms with Crippen LogP contribution in [0.15, 0.2) is 24.3 Å². The maximum absolute atomic E-state index is 10.9. The Balaban J connectivity index is 1.93. The van der Waals surface area contributed by atoms with Crippen LogP contribution in [-0.2, 0) is 14.3 Å². The van der Waals surface area contributed by atoms with E-state index in [1.165, 1.54) is 0 Å². The first kappa shape index (κ1) is 14.8. The van der Waals surface area contributed by atoms with Crippen molar-refractivity contribution in [1.82, 2.24) is 0 Å². The maximum Gasteiger partial charge on any atom is 0.304 e. The van der Waals surface area contributed by atoms with Gasteiger partial charge in [-0.1, -0.05) is 18.2 Å². The zero-order valence-corrected chi connectivity index (χ0v) is 11.7. The summed E-state index contributed by atoms with van der Waals surface area (Å²) >= 11 is 0. The molecule has 0 spiro atoms. The van der Waals surface area contributed by atoms with Gasteiger partial charge < -0.3 is 19.5 Å². The topological polar surface area (TPSA) is 59.0 Å². The highest BCUT2D eigenvalue weighted by Crippen LogP contribution is 2.37. The van der Waals surface area contributed by atoms with Gasteiger partial charge in [0.25, 0.3) is 0 Å². The molecular weight excluding hydrogens is 258 g/mol. The average molecular weight is 279 g/mol. The van der Waals surface area contributed by atoms with Gasteiger partial charge in [0.2, 0.25) is 0 Å². The molecule has 1 heterocycles. The smallest absolute Gasteiger partial charge is 0.304 e. The predicted octanol–water partition coefficient (Wildman–Crippen LogP) is 1.73. The van der Waals surface area contributed by atoms with Crippen molar-refractivity contribution in [2.24, 2.45) is 0 Å². The van der Waals surface area contributed by atoms with Gasteiger partial charge in [-0.3, -0.25) is 4.79 Å². The molecule has 0 fully saturated rings. The number of para-hydroxylation sites is 1. The third-order valence-corrected chi connectivity index (χ3v) is 3.52. The number of carbonyl (C=O) groups is 1. The average Bonchev–Trinajstić information content (AvgIpc) is 2.77. The third-order valence-electron chi connectivity index (χ3n) is 3.52. The molecule has 5 nitrogen and oxygen atoms in total. The van der Waals surface area contributed by atoms with Crippen LogP contribution in [0.5, 0.6) is 0 Å². The van der Waals surface area contributed by atoms with Crippen LogP contribution in [0.3, 0.4) is 0 Å². The highest BCUT2D eigenvalue weighted by Gasteiger charge is 2.29. The lowest BCUT2D eigenvalue weighted by atomic mass is 9.98. The summed E-state index contributed by atoms with van der Waals surface area (Å²) in [6, 6.07) is 8.02. The second-order valence-electron chi connectivity index (χ2n) is 4.90. The van der Waals surface area contributed by atoms with Gasteiger partial charge in [0.15, 0.2) is 0 Å². The van der Waals surface area contributed by atoms with Gasteiger partial charge in [-0.05, 0) is 11.6 Å². The van der Waals surface area contributed by atoms with E-state index >= 15 is 0 Å². The minimum absolute atomic E-state index is 0.0719. The van der Waals surface area contributed by atoms with Gasteiger partial charge in [-0.25, -0.2) is 0 Å². The number of nitrogens with zero attached hydrogens (tertiary/aromatic N) is 1. The summed E-state index contributed by atoms with van der Waals surface area (Å²) in [5.74, 6) is -0.675. The number of rotatable bonds is 8. The highest BCUT2D eigenvalue weighted by molar-refractivity contribution is 5.71. The van der Waals surface area contributed by atoms with E-state index in [2.05, 4.69) is 4.90 Å². The van der Waals surface area contributed by atoms with E-state index < -0.39 is 5.97 Å². The molecule has 0 saturated heterocycles. The largest absolute Gasteiger partial charge is 0.481 e. The van der Waals surface area contributed by atoms with E-state index in [1.807, 2.05) is 24.3 Å². The highest BCUT2D eigenvalue weighted by atomic mass is 16.5. The number of carboxylic acids is 1. The Kier molecular flexibility index (Phi) is 5.38. The fraction of sp³-hybridized carbons (Fsp3) is 0.533. The Hall–Kier alpha value is -1.59. The minimum Gasteiger partial charge on any atom is -0.481 e. The Bertz CT molecular complexity index is 449. The van der Waals surface area contributed by atoms with Crippen LogP contribution in [0.4, 0.5) is 5.69 Å². The molecule has 0 saturated carbocycles. The number of aliphatic carboxylic acids is 1. The van der Waals surface area contributed by atoms with Crippen molar-refractivity contribution in [3.05, 3.63) is 29.8 Å². The zero-order valence-electron chi connectivity index (χ0n) is 11.7. The molecule has 20 heavy (non-hydrogen) atoms. The molecule has 110 valence electrons. The molecule has 0 aliphatic carbocycles. The molecule has 1 aromatic rings. The van der Waals surface area contributed by atoms with E-state index in [0.717, 1.165) is 24.3 Å². The summed E-state index contributed by atoms with van der Waals surface area (Å²) in [6.07, 6.45) is 0.179. The lowest BCUT2D eigenvalue weighted by Crippen LogP contribution is -2.27. The fourth-order valence-electron chi connectivity index (χ4n) is 2.60. The van der Waals surface area contributed by atoms with E-state index in [4.69, 9.17) is 14.6 Å². The summed E-state index contributed by atoms with van der Waals surface area (Å²) < 4.78 is 10.4. The summed E-state index contributed by atoms with van der Waals surface area (Å²) in [5, 5.41) is 9.00. The number of anilines is 1. The van der Waals surface area contributed by atoms with E-state index in [0.29, 0.717) is 19.8 Å². The Morgan fingerprint density at radius 2 is 2.15 bits per heavy atom. The lowest BCUT2D eigenvalue weighted by molar-refractivity contribution is -0.137. The van der Waals surface area contributed by atoms with E-state index in [-0.39, 0.29) is 12.3 Å². The molecule has 0 radical (unpaired) electrons. The van der Waals surface area contributed by atoms with Gasteiger partial charge in [0.1, 0.15) is 0 Å². The number of benzene rings is 1. The molecule has 1 unspecified atom stereocenters. The van der Waals surface area contributed by atoms with Crippen molar-refractivity contribution in [3.8, 4) is 0 Å². The van der Waals surface area contributed by atoms with Gasteiger partial charge in [-0.2, -0.15) is 0 Å². The van der Waals surface area contributed by atoms with Crippen LogP contribution >= 0.6 is 0 Å². The second-order valence-corrected chi connectivity index (χ2v) is 4.90. The van der Waals surface area contributed by atoms with Crippen LogP contribution in [-0.4, -0.2) is 51.1 Å². The van der Waals surface area contributed by atoms with Crippen LogP contribution in [0.2, 0.25) is 0 Å². The molecule has 1 aliphatic heterocycles. The zero-order chi connectivity index (χ0) is 14.4. The van der Waals surface area contributed by atoms with Gasteiger partial charge in [0, 0.05) is 31.8 Å². The van der Waals surface area contributed by atoms with Crippen molar-refractivity contribution < 1.29 is 19.4 Å². The number of ether oxygens (including phenoxy) is 2. The SMILES string of the molecule is COCCOCCN1CC(CC(=O)O)c2ccccc21. The summed E-state index contributed by atoms with van der Waals surface area (Å²) in [5.41, 5.74) is 2.26. The van der Waals surface area contributed by atoms with Crippen LogP contribution in [0.1, 0.15) is 17.9 Å². The summed E-state index contributed by atoms with van der Waals surface area (Å²) in [7, 11) is 1.65. The van der Waals surface area contributed by atoms with Crippen molar-refractivity contribution in [1.29, 1.82) is 0 Å². The first-order valence-corrected chi connectivity index (χ1v) is 6.84. The molecule has 0 bridgehead atoms. The molecule has 0 aromatic heterocycles. The van der Waals surface area contributed by atoms with E-state index in [1.54, 1.807) is 7.11 Å². The van der Waals surface area contributed by atoms with Crippen molar-refractivity contribution in [3.63, 3.8) is 0 Å². The minimum atomic E-state index is -0.747. The number of fused-ring (bicyclic) bond motifs is 1. The normalized spacial score (nSPS) is 17.2. The van der Waals surface area contributed by atoms with Crippen molar-refractivity contribution >= 4 is 11.7 Å². The first-order valence-electron chi connectivity index (χ1n) is 6.84. The van der Waals surface area contributed by atoms with Gasteiger partial charge in [0.05, 0.1) is 26.2 Å². The van der Waals surface area contributed by atoms with Crippen LogP contribution in [0.25, 0.3) is 0 Å². The first-order chi connectivity index (χ1) is 9.72. The quantitative estimate of drug-likeness (QED) is 0.734. The maximum atomic E-state index is 10.9. The van der Waals surface area contributed by atoms with Gasteiger partial charge in [-0.15, -0.1) is 0 Å². The van der Waals surface area contributed by atoms with E-state index in [9.17, 15) is 4.79 Å². The number of methoxy groups -OCH3 is 1. The Morgan fingerprint density at radius 3 is 2.90 bits per heavy atom. The van der Waals surface area contributed by atoms with Crippen LogP contribution in [0, 0.1) is 0 Å². The summed E-state index contributed by atoms with van der Waals surface area (Å²) in [6.45, 7) is 3.33.